The van der Waals surface area contributed by atoms with Crippen LogP contribution in [0.15, 0.2) is 48.5 Å². The Bertz CT molecular complexity index is 1920. The summed E-state index contributed by atoms with van der Waals surface area (Å²) in [7, 11) is 0. The number of terminal acetylenes is 2. The molecular formula is C52H64O4. The third kappa shape index (κ3) is 9.59. The summed E-state index contributed by atoms with van der Waals surface area (Å²) in [6.45, 7) is 27.3. The minimum absolute atomic E-state index is 0.175. The zero-order valence-corrected chi connectivity index (χ0v) is 36.1. The van der Waals surface area contributed by atoms with E-state index in [0.29, 0.717) is 51.7 Å². The van der Waals surface area contributed by atoms with E-state index >= 15 is 0 Å². The Hall–Kier alpha value is -4.80. The topological polar surface area (TPSA) is 58.9 Å². The van der Waals surface area contributed by atoms with Crippen molar-refractivity contribution in [2.24, 2.45) is 0 Å². The summed E-state index contributed by atoms with van der Waals surface area (Å²) < 4.78 is 13.3. The van der Waals surface area contributed by atoms with Crippen LogP contribution in [0.3, 0.4) is 0 Å². The van der Waals surface area contributed by atoms with Crippen LogP contribution in [0.25, 0.3) is 0 Å². The fourth-order valence-electron chi connectivity index (χ4n) is 7.44. The van der Waals surface area contributed by atoms with Crippen molar-refractivity contribution in [2.75, 3.05) is 13.2 Å². The number of phenols is 2. The number of benzene rings is 4. The number of phenolic OH excluding ortho intramolecular Hbond substituents is 2. The van der Waals surface area contributed by atoms with Crippen LogP contribution in [0.4, 0.5) is 0 Å². The first-order valence-electron chi connectivity index (χ1n) is 20.2. The monoisotopic (exact) mass is 752 g/mol. The molecule has 0 fully saturated rings. The Labute approximate surface area is 338 Å². The number of hydrogen-bond donors (Lipinski definition) is 2. The summed E-state index contributed by atoms with van der Waals surface area (Å²) in [4.78, 5) is 0. The molecule has 0 aromatic heterocycles. The second-order valence-electron chi connectivity index (χ2n) is 19.8. The summed E-state index contributed by atoms with van der Waals surface area (Å²) >= 11 is 0. The van der Waals surface area contributed by atoms with Crippen LogP contribution in [-0.2, 0) is 47.3 Å². The fraction of sp³-hybridized carbons (Fsp3) is 0.462. The predicted octanol–water partition coefficient (Wildman–Crippen LogP) is 11.8. The number of fused-ring (bicyclic) bond motifs is 8. The Morgan fingerprint density at radius 2 is 0.643 bits per heavy atom. The van der Waals surface area contributed by atoms with Crippen molar-refractivity contribution < 1.29 is 19.7 Å². The van der Waals surface area contributed by atoms with Crippen LogP contribution in [0.5, 0.6) is 23.0 Å². The van der Waals surface area contributed by atoms with E-state index in [0.717, 1.165) is 78.3 Å². The average molecular weight is 753 g/mol. The molecule has 0 unspecified atom stereocenters. The van der Waals surface area contributed by atoms with Crippen molar-refractivity contribution in [2.45, 2.75) is 143 Å². The van der Waals surface area contributed by atoms with E-state index in [2.05, 4.69) is 143 Å². The lowest BCUT2D eigenvalue weighted by molar-refractivity contribution is 0.320. The quantitative estimate of drug-likeness (QED) is 0.134. The first-order valence-corrected chi connectivity index (χ1v) is 20.2. The zero-order valence-electron chi connectivity index (χ0n) is 36.1. The van der Waals surface area contributed by atoms with E-state index in [1.54, 1.807) is 0 Å². The number of ether oxygens (including phenoxy) is 2. The maximum Gasteiger partial charge on any atom is 0.126 e. The van der Waals surface area contributed by atoms with Gasteiger partial charge in [-0.1, -0.05) is 132 Å². The van der Waals surface area contributed by atoms with Gasteiger partial charge in [-0.25, -0.2) is 0 Å². The molecule has 0 radical (unpaired) electrons. The Morgan fingerprint density at radius 1 is 0.429 bits per heavy atom. The van der Waals surface area contributed by atoms with Crippen molar-refractivity contribution in [1.29, 1.82) is 0 Å². The summed E-state index contributed by atoms with van der Waals surface area (Å²) in [6.07, 6.45) is 14.2. The molecule has 0 saturated carbocycles. The molecule has 4 aromatic carbocycles. The molecule has 296 valence electrons. The van der Waals surface area contributed by atoms with Crippen molar-refractivity contribution in [1.82, 2.24) is 0 Å². The van der Waals surface area contributed by atoms with Gasteiger partial charge in [0.25, 0.3) is 0 Å². The van der Waals surface area contributed by atoms with E-state index < -0.39 is 0 Å². The van der Waals surface area contributed by atoms with Crippen LogP contribution >= 0.6 is 0 Å². The highest BCUT2D eigenvalue weighted by atomic mass is 16.5. The second kappa shape index (κ2) is 16.0. The van der Waals surface area contributed by atoms with Gasteiger partial charge in [0.1, 0.15) is 23.0 Å². The van der Waals surface area contributed by atoms with Crippen LogP contribution < -0.4 is 9.47 Å². The lowest BCUT2D eigenvalue weighted by atomic mass is 9.79. The second-order valence-corrected chi connectivity index (χ2v) is 19.8. The molecule has 0 atom stereocenters. The molecule has 1 aliphatic rings. The first kappa shape index (κ1) is 42.3. The lowest BCUT2D eigenvalue weighted by Crippen LogP contribution is -2.17. The van der Waals surface area contributed by atoms with Gasteiger partial charge in [0.15, 0.2) is 0 Å². The first-order chi connectivity index (χ1) is 26.0. The molecule has 2 N–H and O–H groups in total. The maximum atomic E-state index is 12.4. The number of rotatable bonds is 6. The molecule has 1 aliphatic carbocycles. The highest BCUT2D eigenvalue weighted by Crippen LogP contribution is 2.43. The highest BCUT2D eigenvalue weighted by Gasteiger charge is 2.28. The molecule has 4 nitrogen and oxygen atoms in total. The van der Waals surface area contributed by atoms with Gasteiger partial charge in [0, 0.05) is 38.5 Å². The minimum Gasteiger partial charge on any atom is -0.507 e. The summed E-state index contributed by atoms with van der Waals surface area (Å²) in [5, 5.41) is 24.7. The predicted molar refractivity (Wildman–Crippen MR) is 233 cm³/mol. The largest absolute Gasteiger partial charge is 0.507 e. The van der Waals surface area contributed by atoms with Gasteiger partial charge in [-0.05, 0) is 88.4 Å². The van der Waals surface area contributed by atoms with Gasteiger partial charge in [-0.2, -0.15) is 0 Å². The zero-order chi connectivity index (χ0) is 41.4. The Morgan fingerprint density at radius 3 is 0.839 bits per heavy atom. The third-order valence-corrected chi connectivity index (χ3v) is 11.0. The third-order valence-electron chi connectivity index (χ3n) is 11.0. The molecule has 0 saturated heterocycles. The van der Waals surface area contributed by atoms with E-state index in [4.69, 9.17) is 22.3 Å². The molecule has 8 bridgehead atoms. The molecule has 4 heteroatoms. The molecule has 0 heterocycles. The van der Waals surface area contributed by atoms with Crippen LogP contribution in [0.2, 0.25) is 0 Å². The van der Waals surface area contributed by atoms with E-state index in [-0.39, 0.29) is 33.2 Å². The van der Waals surface area contributed by atoms with Gasteiger partial charge in [-0.3, -0.25) is 0 Å². The molecular weight excluding hydrogens is 689 g/mol. The Balaban J connectivity index is 1.94. The van der Waals surface area contributed by atoms with Crippen molar-refractivity contribution in [3.8, 4) is 47.7 Å². The smallest absolute Gasteiger partial charge is 0.126 e. The maximum absolute atomic E-state index is 12.4. The van der Waals surface area contributed by atoms with Gasteiger partial charge < -0.3 is 19.7 Å². The molecule has 4 aromatic rings. The van der Waals surface area contributed by atoms with E-state index in [1.807, 2.05) is 0 Å². The molecule has 56 heavy (non-hydrogen) atoms. The van der Waals surface area contributed by atoms with Crippen molar-refractivity contribution in [3.63, 3.8) is 0 Å². The molecule has 0 amide bonds. The van der Waals surface area contributed by atoms with Crippen LogP contribution in [0.1, 0.15) is 163 Å². The van der Waals surface area contributed by atoms with E-state index in [1.165, 1.54) is 0 Å². The summed E-state index contributed by atoms with van der Waals surface area (Å²) in [5.41, 5.74) is 11.1. The highest BCUT2D eigenvalue weighted by molar-refractivity contribution is 5.59. The summed E-state index contributed by atoms with van der Waals surface area (Å²) in [5.74, 6) is 7.53. The number of aromatic hydroxyl groups is 2. The van der Waals surface area contributed by atoms with E-state index in [9.17, 15) is 10.2 Å². The standard InChI is InChI=1S/C52H64O4/c1-15-17-19-55-47-37-21-33-25-41(49(3,4)5)27-35(45(33)53)23-39-31-44(52(12,13)14)32-40(48(39)56-20-18-16-2)24-36-28-42(50(6,7)8)26-34(46(36)54)22-38(47)30-43(29-37)51(9,10)11/h1-2,25-32,53-54H,17-24H2,3-14H3. The van der Waals surface area contributed by atoms with Crippen molar-refractivity contribution in [3.05, 3.63) is 115 Å². The summed E-state index contributed by atoms with van der Waals surface area (Å²) in [6, 6.07) is 17.5. The van der Waals surface area contributed by atoms with Gasteiger partial charge in [0.05, 0.1) is 13.2 Å². The molecule has 5 rings (SSSR count). The number of hydrogen-bond acceptors (Lipinski definition) is 4. The van der Waals surface area contributed by atoms with Crippen LogP contribution in [-0.4, -0.2) is 23.4 Å². The van der Waals surface area contributed by atoms with Gasteiger partial charge >= 0.3 is 0 Å². The van der Waals surface area contributed by atoms with Crippen LogP contribution in [0, 0.1) is 24.7 Å². The SMILES string of the molecule is C#CCCOc1c2cc(C(C)(C)C)cc1Cc1cc(C(C)(C)C)cc(c1O)Cc1cc(C(C)(C)C)cc(c1OCCC#C)Cc1cc(C(C)(C)C)cc(c1O)C2. The lowest BCUT2D eigenvalue weighted by Gasteiger charge is -2.28. The van der Waals surface area contributed by atoms with Crippen molar-refractivity contribution >= 4 is 0 Å². The van der Waals surface area contributed by atoms with Gasteiger partial charge in [-0.15, -0.1) is 24.7 Å². The molecule has 0 aliphatic heterocycles. The average Bonchev–Trinajstić information content (AvgIpc) is 3.07. The Kier molecular flexibility index (Phi) is 12.1. The molecule has 0 spiro atoms. The fourth-order valence-corrected chi connectivity index (χ4v) is 7.44. The van der Waals surface area contributed by atoms with Gasteiger partial charge in [0.2, 0.25) is 0 Å². The minimum atomic E-state index is -0.182. The normalized spacial score (nSPS) is 13.5.